The maximum atomic E-state index is 13.6. The van der Waals surface area contributed by atoms with Gasteiger partial charge >= 0.3 is 24.3 Å². The highest BCUT2D eigenvalue weighted by atomic mass is 19.4. The summed E-state index contributed by atoms with van der Waals surface area (Å²) in [4.78, 5) is 23.5. The van der Waals surface area contributed by atoms with Gasteiger partial charge in [0.2, 0.25) is 0 Å². The zero-order valence-corrected chi connectivity index (χ0v) is 16.9. The van der Waals surface area contributed by atoms with E-state index in [1.54, 1.807) is 0 Å². The number of furan rings is 1. The number of carbonyl (C=O) groups is 2. The highest BCUT2D eigenvalue weighted by Crippen LogP contribution is 2.74. The van der Waals surface area contributed by atoms with Crippen LogP contribution in [0.5, 0.6) is 0 Å². The van der Waals surface area contributed by atoms with Crippen molar-refractivity contribution in [2.24, 2.45) is 16.7 Å². The minimum atomic E-state index is -5.27. The normalized spacial score (nSPS) is 22.5. The number of allylic oxidation sites excluding steroid dienone is 1. The number of hydrogen-bond acceptors (Lipinski definition) is 4. The number of hydrogen-bond donors (Lipinski definition) is 1. The molecular weight excluding hydrogens is 472 g/mol. The number of rotatable bonds is 6. The third-order valence-corrected chi connectivity index (χ3v) is 5.37. The van der Waals surface area contributed by atoms with Crippen molar-refractivity contribution in [1.29, 1.82) is 0 Å². The predicted molar refractivity (Wildman–Crippen MR) is 93.7 cm³/mol. The van der Waals surface area contributed by atoms with Crippen molar-refractivity contribution in [3.8, 4) is 11.8 Å². The van der Waals surface area contributed by atoms with E-state index in [1.165, 1.54) is 0 Å². The number of carboxylic acids is 1. The van der Waals surface area contributed by atoms with Crippen LogP contribution in [-0.4, -0.2) is 36.0 Å². The maximum Gasteiger partial charge on any atom is 0.422 e. The smallest absolute Gasteiger partial charge is 0.422 e. The fourth-order valence-corrected chi connectivity index (χ4v) is 3.77. The van der Waals surface area contributed by atoms with Crippen LogP contribution in [0.1, 0.15) is 38.2 Å². The second kappa shape index (κ2) is 8.72. The summed E-state index contributed by atoms with van der Waals surface area (Å²) >= 11 is 0. The van der Waals surface area contributed by atoms with E-state index >= 15 is 0 Å². The average molecular weight is 488 g/mol. The van der Waals surface area contributed by atoms with Gasteiger partial charge < -0.3 is 14.3 Å². The maximum absolute atomic E-state index is 13.6. The molecule has 2 atom stereocenters. The molecule has 182 valence electrons. The Bertz CT molecular complexity index is 1010. The Morgan fingerprint density at radius 1 is 1.21 bits per heavy atom. The first-order valence-corrected chi connectivity index (χ1v) is 9.06. The van der Waals surface area contributed by atoms with Crippen LogP contribution < -0.4 is 0 Å². The zero-order chi connectivity index (χ0) is 25.4. The average Bonchev–Trinajstić information content (AvgIpc) is 2.94. The molecule has 0 spiro atoms. The zero-order valence-electron chi connectivity index (χ0n) is 16.9. The van der Waals surface area contributed by atoms with Gasteiger partial charge in [0, 0.05) is 24.0 Å². The van der Waals surface area contributed by atoms with E-state index in [0.29, 0.717) is 0 Å². The van der Waals surface area contributed by atoms with Crippen LogP contribution in [0.2, 0.25) is 0 Å². The topological polar surface area (TPSA) is 76.7 Å². The summed E-state index contributed by atoms with van der Waals surface area (Å²) in [5, 5.41) is 9.69. The first-order chi connectivity index (χ1) is 14.9. The van der Waals surface area contributed by atoms with Crippen molar-refractivity contribution in [1.82, 2.24) is 0 Å². The molecule has 1 fully saturated rings. The van der Waals surface area contributed by atoms with Crippen LogP contribution >= 0.6 is 0 Å². The molecule has 0 unspecified atom stereocenters. The molecule has 1 aromatic heterocycles. The van der Waals surface area contributed by atoms with Crippen LogP contribution in [-0.2, 0) is 14.3 Å². The van der Waals surface area contributed by atoms with E-state index in [2.05, 4.69) is 16.6 Å². The number of ether oxygens (including phenoxy) is 1. The summed E-state index contributed by atoms with van der Waals surface area (Å²) in [5.74, 6) is -1.93. The Balaban J connectivity index is 2.37. The van der Waals surface area contributed by atoms with Gasteiger partial charge in [-0.15, -0.1) is 0 Å². The first kappa shape index (κ1) is 26.2. The Morgan fingerprint density at radius 3 is 2.27 bits per heavy atom. The van der Waals surface area contributed by atoms with E-state index in [1.807, 2.05) is 0 Å². The second-order valence-electron chi connectivity index (χ2n) is 7.73. The number of esters is 1. The van der Waals surface area contributed by atoms with Crippen molar-refractivity contribution in [2.45, 2.75) is 39.0 Å². The van der Waals surface area contributed by atoms with E-state index < -0.39 is 71.8 Å². The van der Waals surface area contributed by atoms with Gasteiger partial charge in [-0.25, -0.2) is 13.6 Å². The van der Waals surface area contributed by atoms with Gasteiger partial charge in [0.05, 0.1) is 5.41 Å². The number of carbonyl (C=O) groups excluding carboxylic acids is 1. The van der Waals surface area contributed by atoms with Gasteiger partial charge in [0.1, 0.15) is 0 Å². The molecular formula is C20H16F8O5. The summed E-state index contributed by atoms with van der Waals surface area (Å²) in [6.45, 7) is 0.201. The van der Waals surface area contributed by atoms with Gasteiger partial charge in [0.15, 0.2) is 18.1 Å². The molecule has 13 heteroatoms. The van der Waals surface area contributed by atoms with Gasteiger partial charge in [-0.1, -0.05) is 19.8 Å². The van der Waals surface area contributed by atoms with Crippen LogP contribution in [0.3, 0.4) is 0 Å². The highest BCUT2D eigenvalue weighted by Gasteiger charge is 2.78. The second-order valence-corrected chi connectivity index (χ2v) is 7.73. The molecule has 0 aromatic carbocycles. The molecule has 2 rings (SSSR count). The fourth-order valence-electron chi connectivity index (χ4n) is 3.77. The van der Waals surface area contributed by atoms with Crippen LogP contribution in [0.25, 0.3) is 0 Å². The van der Waals surface area contributed by atoms with Gasteiger partial charge in [-0.3, -0.25) is 4.79 Å². The van der Waals surface area contributed by atoms with Crippen molar-refractivity contribution < 1.29 is 59.0 Å². The van der Waals surface area contributed by atoms with E-state index in [9.17, 15) is 49.8 Å². The summed E-state index contributed by atoms with van der Waals surface area (Å²) in [6.07, 6.45) is -14.1. The Hall–Kier alpha value is -3.04. The van der Waals surface area contributed by atoms with E-state index in [4.69, 9.17) is 4.42 Å². The molecule has 0 radical (unpaired) electrons. The minimum absolute atomic E-state index is 0.197. The lowest BCUT2D eigenvalue weighted by molar-refractivity contribution is -0.183. The molecule has 1 aliphatic carbocycles. The molecule has 0 bridgehead atoms. The Kier molecular flexibility index (Phi) is 6.93. The Morgan fingerprint density at radius 2 is 1.82 bits per heavy atom. The largest absolute Gasteiger partial charge is 0.481 e. The summed E-state index contributed by atoms with van der Waals surface area (Å²) in [5.41, 5.74) is -5.48. The molecule has 5 nitrogen and oxygen atoms in total. The molecule has 1 heterocycles. The molecule has 1 aromatic rings. The van der Waals surface area contributed by atoms with Crippen LogP contribution in [0, 0.1) is 28.6 Å². The molecule has 1 aliphatic rings. The number of alkyl halides is 8. The quantitative estimate of drug-likeness (QED) is 0.255. The number of carboxylic acid groups (broad SMARTS) is 1. The molecule has 0 amide bonds. The van der Waals surface area contributed by atoms with Gasteiger partial charge in [-0.2, -0.15) is 26.3 Å². The Labute approximate surface area is 181 Å². The van der Waals surface area contributed by atoms with Crippen molar-refractivity contribution >= 4 is 11.9 Å². The monoisotopic (exact) mass is 488 g/mol. The van der Waals surface area contributed by atoms with Gasteiger partial charge in [-0.05, 0) is 23.5 Å². The third kappa shape index (κ3) is 5.48. The fraction of sp³-hybridized carbons (Fsp3) is 0.500. The predicted octanol–water partition coefficient (Wildman–Crippen LogP) is 5.28. The molecule has 33 heavy (non-hydrogen) atoms. The van der Waals surface area contributed by atoms with Crippen molar-refractivity contribution in [2.75, 3.05) is 6.61 Å². The molecule has 1 N–H and O–H groups in total. The van der Waals surface area contributed by atoms with Gasteiger partial charge in [0.25, 0.3) is 6.43 Å². The summed E-state index contributed by atoms with van der Waals surface area (Å²) in [6, 6.07) is 1.98. The number of halogens is 8. The number of aliphatic carboxylic acids is 1. The SMILES string of the molecule is CC1(C)[C@@H](C(=CC(=O)OCC(F)(F)F)C(F)(F)F)[C@@]1(CC#Cc1ccc(C(F)F)o1)C(=O)O. The molecule has 0 aliphatic heterocycles. The van der Waals surface area contributed by atoms with Crippen LogP contribution in [0.4, 0.5) is 35.1 Å². The lowest BCUT2D eigenvalue weighted by Gasteiger charge is -2.15. The van der Waals surface area contributed by atoms with Crippen LogP contribution in [0.15, 0.2) is 28.2 Å². The minimum Gasteiger partial charge on any atom is -0.481 e. The first-order valence-electron chi connectivity index (χ1n) is 9.06. The van der Waals surface area contributed by atoms with Crippen molar-refractivity contribution in [3.63, 3.8) is 0 Å². The lowest BCUT2D eigenvalue weighted by atomic mass is 9.92. The summed E-state index contributed by atoms with van der Waals surface area (Å²) in [7, 11) is 0. The summed E-state index contributed by atoms with van der Waals surface area (Å²) < 4.78 is 111. The van der Waals surface area contributed by atoms with Crippen molar-refractivity contribution in [3.05, 3.63) is 35.3 Å². The standard InChI is InChI=1S/C20H16F8O5/c1-17(2)14(11(20(26,27)28)8-13(29)32-9-19(23,24)25)18(17,16(30)31)7-3-4-10-5-6-12(33-10)15(21)22/h5-6,8,14-15H,7,9H2,1-2H3,(H,30,31)/t14-,18+/m1/s1. The molecule has 1 saturated carbocycles. The molecule has 0 saturated heterocycles. The third-order valence-electron chi connectivity index (χ3n) is 5.37. The highest BCUT2D eigenvalue weighted by molar-refractivity contribution is 5.86. The lowest BCUT2D eigenvalue weighted by Crippen LogP contribution is -2.25. The van der Waals surface area contributed by atoms with E-state index in [0.717, 1.165) is 26.0 Å². The van der Waals surface area contributed by atoms with E-state index in [-0.39, 0.29) is 11.8 Å².